The van der Waals surface area contributed by atoms with Crippen molar-refractivity contribution < 1.29 is 0 Å². The number of aromatic nitrogens is 3. The number of rotatable bonds is 1. The van der Waals surface area contributed by atoms with Gasteiger partial charge in [0, 0.05) is 29.5 Å². The van der Waals surface area contributed by atoms with Crippen molar-refractivity contribution in [3.63, 3.8) is 0 Å². The van der Waals surface area contributed by atoms with Crippen molar-refractivity contribution in [1.29, 1.82) is 0 Å². The van der Waals surface area contributed by atoms with E-state index >= 15 is 0 Å². The molecule has 0 amide bonds. The Hall–Kier alpha value is -2.49. The highest BCUT2D eigenvalue weighted by molar-refractivity contribution is 5.95. The average molecular weight is 236 g/mol. The Bertz CT molecular complexity index is 717. The molecule has 0 unspecified atom stereocenters. The van der Waals surface area contributed by atoms with E-state index in [1.54, 1.807) is 6.20 Å². The smallest absolute Gasteiger partial charge is 0.220 e. The van der Waals surface area contributed by atoms with Gasteiger partial charge in [0.05, 0.1) is 5.69 Å². The number of aryl methyl sites for hydroxylation is 1. The van der Waals surface area contributed by atoms with Crippen molar-refractivity contribution in [3.05, 3.63) is 48.4 Å². The first-order valence-corrected chi connectivity index (χ1v) is 5.68. The molecule has 4 nitrogen and oxygen atoms in total. The molecule has 3 aromatic rings. The molecule has 88 valence electrons. The predicted molar refractivity (Wildman–Crippen MR) is 71.9 cm³/mol. The molecule has 4 heteroatoms. The van der Waals surface area contributed by atoms with Crippen LogP contribution >= 0.6 is 0 Å². The van der Waals surface area contributed by atoms with Crippen molar-refractivity contribution in [2.24, 2.45) is 0 Å². The average Bonchev–Trinajstić information content (AvgIpc) is 2.41. The van der Waals surface area contributed by atoms with Gasteiger partial charge in [-0.1, -0.05) is 24.3 Å². The highest BCUT2D eigenvalue weighted by Crippen LogP contribution is 2.28. The monoisotopic (exact) mass is 236 g/mol. The molecule has 3 rings (SSSR count). The van der Waals surface area contributed by atoms with Crippen LogP contribution in [0.15, 0.2) is 42.9 Å². The summed E-state index contributed by atoms with van der Waals surface area (Å²) in [5.41, 5.74) is 8.48. The first-order valence-electron chi connectivity index (χ1n) is 5.68. The molecule has 2 heterocycles. The van der Waals surface area contributed by atoms with Crippen LogP contribution in [0.25, 0.3) is 22.0 Å². The first-order chi connectivity index (χ1) is 8.75. The van der Waals surface area contributed by atoms with Crippen molar-refractivity contribution >= 4 is 16.7 Å². The molecule has 2 aromatic heterocycles. The molecule has 0 bridgehead atoms. The fourth-order valence-electron chi connectivity index (χ4n) is 2.03. The van der Waals surface area contributed by atoms with Crippen LogP contribution in [0.5, 0.6) is 0 Å². The summed E-state index contributed by atoms with van der Waals surface area (Å²) in [5, 5.41) is 2.21. The lowest BCUT2D eigenvalue weighted by Gasteiger charge is -2.08. The van der Waals surface area contributed by atoms with E-state index < -0.39 is 0 Å². The van der Waals surface area contributed by atoms with Gasteiger partial charge in [0.1, 0.15) is 0 Å². The SMILES string of the molecule is Cc1cnc(N)nc1-c1cncc2ccccc12. The second kappa shape index (κ2) is 4.07. The molecule has 0 aliphatic carbocycles. The molecule has 2 N–H and O–H groups in total. The van der Waals surface area contributed by atoms with Crippen LogP contribution in [0.3, 0.4) is 0 Å². The fraction of sp³-hybridized carbons (Fsp3) is 0.0714. The van der Waals surface area contributed by atoms with E-state index in [1.807, 2.05) is 37.5 Å². The van der Waals surface area contributed by atoms with Crippen LogP contribution in [-0.4, -0.2) is 15.0 Å². The van der Waals surface area contributed by atoms with Crippen LogP contribution in [0, 0.1) is 6.92 Å². The minimum Gasteiger partial charge on any atom is -0.368 e. The number of nitrogen functional groups attached to an aromatic ring is 1. The molecule has 18 heavy (non-hydrogen) atoms. The summed E-state index contributed by atoms with van der Waals surface area (Å²) in [6, 6.07) is 8.09. The zero-order valence-electron chi connectivity index (χ0n) is 9.96. The summed E-state index contributed by atoms with van der Waals surface area (Å²) in [5.74, 6) is 0.281. The van der Waals surface area contributed by atoms with Crippen molar-refractivity contribution in [1.82, 2.24) is 15.0 Å². The van der Waals surface area contributed by atoms with E-state index in [4.69, 9.17) is 5.73 Å². The fourth-order valence-corrected chi connectivity index (χ4v) is 2.03. The molecule has 0 spiro atoms. The molecular weight excluding hydrogens is 224 g/mol. The molecule has 0 fully saturated rings. The Morgan fingerprint density at radius 2 is 1.89 bits per heavy atom. The normalized spacial score (nSPS) is 10.7. The molecule has 0 radical (unpaired) electrons. The Morgan fingerprint density at radius 3 is 2.78 bits per heavy atom. The van der Waals surface area contributed by atoms with Gasteiger partial charge in [0.15, 0.2) is 0 Å². The number of hydrogen-bond donors (Lipinski definition) is 1. The van der Waals surface area contributed by atoms with E-state index in [0.717, 1.165) is 27.6 Å². The van der Waals surface area contributed by atoms with Crippen LogP contribution in [0.2, 0.25) is 0 Å². The zero-order valence-corrected chi connectivity index (χ0v) is 9.96. The quantitative estimate of drug-likeness (QED) is 0.705. The van der Waals surface area contributed by atoms with Gasteiger partial charge >= 0.3 is 0 Å². The maximum absolute atomic E-state index is 5.67. The van der Waals surface area contributed by atoms with E-state index in [0.29, 0.717) is 0 Å². The van der Waals surface area contributed by atoms with Crippen LogP contribution in [-0.2, 0) is 0 Å². The lowest BCUT2D eigenvalue weighted by Crippen LogP contribution is -1.98. The van der Waals surface area contributed by atoms with Crippen LogP contribution < -0.4 is 5.73 Å². The number of nitrogens with zero attached hydrogens (tertiary/aromatic N) is 3. The second-order valence-electron chi connectivity index (χ2n) is 4.17. The van der Waals surface area contributed by atoms with Crippen LogP contribution in [0.4, 0.5) is 5.95 Å². The number of nitrogens with two attached hydrogens (primary N) is 1. The molecular formula is C14H12N4. The summed E-state index contributed by atoms with van der Waals surface area (Å²) in [7, 11) is 0. The van der Waals surface area contributed by atoms with Gasteiger partial charge in [0.25, 0.3) is 0 Å². The number of benzene rings is 1. The largest absolute Gasteiger partial charge is 0.368 e. The van der Waals surface area contributed by atoms with Crippen molar-refractivity contribution in [3.8, 4) is 11.3 Å². The van der Waals surface area contributed by atoms with Gasteiger partial charge in [-0.25, -0.2) is 9.97 Å². The number of pyridine rings is 1. The standard InChI is InChI=1S/C14H12N4/c1-9-6-17-14(15)18-13(9)12-8-16-7-10-4-2-3-5-11(10)12/h2-8H,1H3,(H2,15,17,18). The lowest BCUT2D eigenvalue weighted by molar-refractivity contribution is 1.15. The maximum Gasteiger partial charge on any atom is 0.220 e. The lowest BCUT2D eigenvalue weighted by atomic mass is 10.0. The third-order valence-electron chi connectivity index (χ3n) is 2.91. The van der Waals surface area contributed by atoms with Gasteiger partial charge in [-0.2, -0.15) is 0 Å². The maximum atomic E-state index is 5.67. The van der Waals surface area contributed by atoms with E-state index in [2.05, 4.69) is 21.0 Å². The minimum atomic E-state index is 0.281. The van der Waals surface area contributed by atoms with E-state index in [-0.39, 0.29) is 5.95 Å². The van der Waals surface area contributed by atoms with Crippen molar-refractivity contribution in [2.75, 3.05) is 5.73 Å². The highest BCUT2D eigenvalue weighted by Gasteiger charge is 2.09. The first kappa shape index (κ1) is 10.7. The zero-order chi connectivity index (χ0) is 12.5. The third kappa shape index (κ3) is 1.68. The van der Waals surface area contributed by atoms with E-state index in [9.17, 15) is 0 Å². The van der Waals surface area contributed by atoms with Gasteiger partial charge in [-0.15, -0.1) is 0 Å². The Kier molecular flexibility index (Phi) is 2.41. The van der Waals surface area contributed by atoms with Crippen molar-refractivity contribution in [2.45, 2.75) is 6.92 Å². The number of fused-ring (bicyclic) bond motifs is 1. The van der Waals surface area contributed by atoms with Gasteiger partial charge in [0.2, 0.25) is 5.95 Å². The Morgan fingerprint density at radius 1 is 1.06 bits per heavy atom. The summed E-state index contributed by atoms with van der Waals surface area (Å²) in [6.45, 7) is 1.97. The molecule has 0 saturated carbocycles. The summed E-state index contributed by atoms with van der Waals surface area (Å²) >= 11 is 0. The van der Waals surface area contributed by atoms with Gasteiger partial charge in [-0.3, -0.25) is 4.98 Å². The number of anilines is 1. The molecule has 0 aliphatic rings. The summed E-state index contributed by atoms with van der Waals surface area (Å²) in [6.07, 6.45) is 5.40. The summed E-state index contributed by atoms with van der Waals surface area (Å²) < 4.78 is 0. The Balaban J connectivity index is 2.35. The second-order valence-corrected chi connectivity index (χ2v) is 4.17. The third-order valence-corrected chi connectivity index (χ3v) is 2.91. The molecule has 0 saturated heterocycles. The highest BCUT2D eigenvalue weighted by atomic mass is 15.0. The molecule has 0 aliphatic heterocycles. The number of hydrogen-bond acceptors (Lipinski definition) is 4. The summed E-state index contributed by atoms with van der Waals surface area (Å²) in [4.78, 5) is 12.6. The van der Waals surface area contributed by atoms with Gasteiger partial charge < -0.3 is 5.73 Å². The predicted octanol–water partition coefficient (Wildman–Crippen LogP) is 2.58. The minimum absolute atomic E-state index is 0.281. The van der Waals surface area contributed by atoms with Gasteiger partial charge in [-0.05, 0) is 17.9 Å². The van der Waals surface area contributed by atoms with Crippen LogP contribution in [0.1, 0.15) is 5.56 Å². The Labute approximate surface area is 105 Å². The molecule has 0 atom stereocenters. The molecule has 1 aromatic carbocycles. The van der Waals surface area contributed by atoms with E-state index in [1.165, 1.54) is 0 Å². The topological polar surface area (TPSA) is 64.7 Å².